The van der Waals surface area contributed by atoms with Crippen molar-refractivity contribution >= 4 is 45.5 Å². The Morgan fingerprint density at radius 2 is 2.23 bits per heavy atom. The Kier molecular flexibility index (Phi) is 4.19. The smallest absolute Gasteiger partial charge is 0.273 e. The molecular weight excluding hydrogens is 340 g/mol. The van der Waals surface area contributed by atoms with E-state index >= 15 is 0 Å². The van der Waals surface area contributed by atoms with E-state index in [0.29, 0.717) is 32.5 Å². The number of hydrogen-bond donors (Lipinski definition) is 0. The molecule has 0 bridgehead atoms. The number of hydrogen-bond acceptors (Lipinski definition) is 5. The van der Waals surface area contributed by atoms with Crippen molar-refractivity contribution in [2.45, 2.75) is 13.1 Å². The van der Waals surface area contributed by atoms with Gasteiger partial charge < -0.3 is 4.57 Å². The van der Waals surface area contributed by atoms with Crippen LogP contribution in [0.15, 0.2) is 42.1 Å². The summed E-state index contributed by atoms with van der Waals surface area (Å²) >= 11 is 12.3. The van der Waals surface area contributed by atoms with Crippen LogP contribution in [0.4, 0.5) is 0 Å². The van der Waals surface area contributed by atoms with Crippen molar-refractivity contribution in [3.05, 3.63) is 62.3 Å². The van der Waals surface area contributed by atoms with Gasteiger partial charge in [0.05, 0.1) is 6.54 Å². The highest BCUT2D eigenvalue weighted by atomic mass is 35.5. The van der Waals surface area contributed by atoms with Crippen LogP contribution in [-0.2, 0) is 13.1 Å². The van der Waals surface area contributed by atoms with E-state index in [0.717, 1.165) is 5.56 Å². The third-order valence-corrected chi connectivity index (χ3v) is 4.75. The van der Waals surface area contributed by atoms with Gasteiger partial charge in [0.25, 0.3) is 5.56 Å². The maximum atomic E-state index is 12.6. The minimum atomic E-state index is -0.112. The molecule has 0 spiro atoms. The molecule has 0 saturated heterocycles. The van der Waals surface area contributed by atoms with Gasteiger partial charge in [-0.15, -0.1) is 6.58 Å². The molecule has 3 aromatic heterocycles. The summed E-state index contributed by atoms with van der Waals surface area (Å²) in [7, 11) is 0. The van der Waals surface area contributed by atoms with Crippen molar-refractivity contribution in [1.29, 1.82) is 0 Å². The zero-order chi connectivity index (χ0) is 15.7. The van der Waals surface area contributed by atoms with Gasteiger partial charge in [0.1, 0.15) is 16.2 Å². The first-order valence-corrected chi connectivity index (χ1v) is 8.00. The van der Waals surface area contributed by atoms with Crippen LogP contribution in [-0.4, -0.2) is 19.1 Å². The molecular formula is C14H11ClN4OS2. The molecule has 0 unspecified atom stereocenters. The number of aromatic nitrogens is 4. The summed E-state index contributed by atoms with van der Waals surface area (Å²) in [4.78, 5) is 21.0. The first-order valence-electron chi connectivity index (χ1n) is 6.40. The predicted molar refractivity (Wildman–Crippen MR) is 91.3 cm³/mol. The molecule has 3 aromatic rings. The van der Waals surface area contributed by atoms with Crippen molar-refractivity contribution in [2.75, 3.05) is 0 Å². The molecule has 22 heavy (non-hydrogen) atoms. The molecule has 0 N–H and O–H groups in total. The second-order valence-corrected chi connectivity index (χ2v) is 6.62. The van der Waals surface area contributed by atoms with Crippen LogP contribution in [0.3, 0.4) is 0 Å². The van der Waals surface area contributed by atoms with E-state index in [1.165, 1.54) is 22.2 Å². The Balaban J connectivity index is 2.07. The molecule has 0 aliphatic heterocycles. The van der Waals surface area contributed by atoms with Crippen LogP contribution >= 0.6 is 35.2 Å². The quantitative estimate of drug-likeness (QED) is 0.411. The molecule has 0 aliphatic rings. The molecule has 3 rings (SSSR count). The Hall–Kier alpha value is -1.83. The molecule has 112 valence electrons. The highest BCUT2D eigenvalue weighted by Crippen LogP contribution is 2.18. The number of thiazole rings is 1. The van der Waals surface area contributed by atoms with Crippen LogP contribution < -0.4 is 5.56 Å². The molecule has 0 aliphatic carbocycles. The molecule has 8 heteroatoms. The molecule has 3 heterocycles. The number of allylic oxidation sites excluding steroid dienone is 1. The second kappa shape index (κ2) is 6.12. The number of rotatable bonds is 4. The van der Waals surface area contributed by atoms with E-state index in [1.807, 2.05) is 6.07 Å². The first-order chi connectivity index (χ1) is 10.6. The number of fused-ring (bicyclic) bond motifs is 1. The standard InChI is InChI=1S/C14H11ClN4OS2/c1-2-5-19-12-11(22-14(19)21)13(20)18(8-17-12)7-9-3-4-10(15)16-6-9/h2-4,6,8H,1,5,7H2. The Labute approximate surface area is 140 Å². The van der Waals surface area contributed by atoms with Crippen LogP contribution in [0.25, 0.3) is 10.3 Å². The maximum absolute atomic E-state index is 12.6. The number of nitrogens with zero attached hydrogens (tertiary/aromatic N) is 4. The average molecular weight is 351 g/mol. The Morgan fingerprint density at radius 1 is 1.41 bits per heavy atom. The lowest BCUT2D eigenvalue weighted by atomic mass is 10.3. The maximum Gasteiger partial charge on any atom is 0.273 e. The van der Waals surface area contributed by atoms with Crippen molar-refractivity contribution in [2.24, 2.45) is 0 Å². The summed E-state index contributed by atoms with van der Waals surface area (Å²) in [5.41, 5.74) is 1.37. The molecule has 5 nitrogen and oxygen atoms in total. The van der Waals surface area contributed by atoms with E-state index in [-0.39, 0.29) is 5.56 Å². The van der Waals surface area contributed by atoms with Crippen LogP contribution in [0.1, 0.15) is 5.56 Å². The normalized spacial score (nSPS) is 11.0. The van der Waals surface area contributed by atoms with Gasteiger partial charge in [-0.05, 0) is 23.8 Å². The zero-order valence-corrected chi connectivity index (χ0v) is 13.8. The van der Waals surface area contributed by atoms with Gasteiger partial charge in [-0.3, -0.25) is 9.36 Å². The van der Waals surface area contributed by atoms with Gasteiger partial charge >= 0.3 is 0 Å². The average Bonchev–Trinajstić information content (AvgIpc) is 2.82. The van der Waals surface area contributed by atoms with E-state index in [1.54, 1.807) is 22.9 Å². The van der Waals surface area contributed by atoms with Crippen LogP contribution in [0.2, 0.25) is 5.15 Å². The molecule has 0 atom stereocenters. The lowest BCUT2D eigenvalue weighted by Crippen LogP contribution is -2.21. The van der Waals surface area contributed by atoms with Gasteiger partial charge in [-0.2, -0.15) is 0 Å². The molecule has 0 amide bonds. The fraction of sp³-hybridized carbons (Fsp3) is 0.143. The van der Waals surface area contributed by atoms with Crippen LogP contribution in [0, 0.1) is 3.95 Å². The zero-order valence-electron chi connectivity index (χ0n) is 11.4. The van der Waals surface area contributed by atoms with Gasteiger partial charge in [-0.1, -0.05) is 35.1 Å². The second-order valence-electron chi connectivity index (χ2n) is 4.59. The third kappa shape index (κ3) is 2.75. The largest absolute Gasteiger partial charge is 0.304 e. The van der Waals surface area contributed by atoms with Crippen molar-refractivity contribution in [3.8, 4) is 0 Å². The van der Waals surface area contributed by atoms with Crippen molar-refractivity contribution in [1.82, 2.24) is 19.1 Å². The highest BCUT2D eigenvalue weighted by Gasteiger charge is 2.11. The molecule has 0 aromatic carbocycles. The van der Waals surface area contributed by atoms with Crippen LogP contribution in [0.5, 0.6) is 0 Å². The predicted octanol–water partition coefficient (Wildman–Crippen LogP) is 3.27. The van der Waals surface area contributed by atoms with E-state index < -0.39 is 0 Å². The lowest BCUT2D eigenvalue weighted by molar-refractivity contribution is 0.739. The van der Waals surface area contributed by atoms with E-state index in [9.17, 15) is 4.79 Å². The summed E-state index contributed by atoms with van der Waals surface area (Å²) < 4.78 is 4.51. The number of pyridine rings is 1. The highest BCUT2D eigenvalue weighted by molar-refractivity contribution is 7.73. The minimum absolute atomic E-state index is 0.112. The summed E-state index contributed by atoms with van der Waals surface area (Å²) in [6.45, 7) is 4.62. The Bertz CT molecular complexity index is 956. The SMILES string of the molecule is C=CCn1c(=S)sc2c(=O)n(Cc3ccc(Cl)nc3)cnc21. The summed E-state index contributed by atoms with van der Waals surface area (Å²) in [5.74, 6) is 0. The molecule has 0 saturated carbocycles. The van der Waals surface area contributed by atoms with E-state index in [4.69, 9.17) is 23.8 Å². The van der Waals surface area contributed by atoms with Gasteiger partial charge in [0, 0.05) is 12.7 Å². The summed E-state index contributed by atoms with van der Waals surface area (Å²) in [6.07, 6.45) is 4.90. The molecule has 0 fully saturated rings. The van der Waals surface area contributed by atoms with Crippen molar-refractivity contribution < 1.29 is 0 Å². The van der Waals surface area contributed by atoms with Gasteiger partial charge in [-0.25, -0.2) is 9.97 Å². The minimum Gasteiger partial charge on any atom is -0.304 e. The Morgan fingerprint density at radius 3 is 2.91 bits per heavy atom. The fourth-order valence-electron chi connectivity index (χ4n) is 2.07. The monoisotopic (exact) mass is 350 g/mol. The summed E-state index contributed by atoms with van der Waals surface area (Å²) in [6, 6.07) is 3.52. The lowest BCUT2D eigenvalue weighted by Gasteiger charge is -2.05. The fourth-order valence-corrected chi connectivity index (χ4v) is 3.50. The van der Waals surface area contributed by atoms with Crippen molar-refractivity contribution in [3.63, 3.8) is 0 Å². The molecule has 0 radical (unpaired) electrons. The summed E-state index contributed by atoms with van der Waals surface area (Å²) in [5, 5.41) is 0.421. The van der Waals surface area contributed by atoms with E-state index in [2.05, 4.69) is 16.5 Å². The third-order valence-electron chi connectivity index (χ3n) is 3.10. The first kappa shape index (κ1) is 15.1. The van der Waals surface area contributed by atoms with Gasteiger partial charge in [0.2, 0.25) is 0 Å². The topological polar surface area (TPSA) is 52.7 Å². The van der Waals surface area contributed by atoms with Gasteiger partial charge in [0.15, 0.2) is 9.60 Å². The number of halogens is 1.